The number of hydrogen-bond donors (Lipinski definition) is 2. The molecule has 0 fully saturated rings. The Morgan fingerprint density at radius 3 is 2.35 bits per heavy atom. The van der Waals surface area contributed by atoms with Gasteiger partial charge in [0.05, 0.1) is 28.4 Å². The quantitative estimate of drug-likeness (QED) is 0.878. The van der Waals surface area contributed by atoms with Crippen molar-refractivity contribution in [2.45, 2.75) is 25.6 Å². The summed E-state index contributed by atoms with van der Waals surface area (Å²) < 4.78 is 37.5. The molecule has 0 amide bonds. The van der Waals surface area contributed by atoms with Crippen LogP contribution in [0.4, 0.5) is 18.9 Å². The van der Waals surface area contributed by atoms with E-state index in [4.69, 9.17) is 16.7 Å². The molecule has 1 aromatic rings. The Bertz CT molecular complexity index is 404. The highest BCUT2D eigenvalue weighted by atomic mass is 35.5. The number of halogens is 4. The molecular formula is C11H13ClF3NO. The van der Waals surface area contributed by atoms with Gasteiger partial charge in [-0.3, -0.25) is 0 Å². The Hall–Kier alpha value is -0.940. The molecule has 0 aliphatic carbocycles. The Morgan fingerprint density at radius 2 is 1.88 bits per heavy atom. The van der Waals surface area contributed by atoms with E-state index >= 15 is 0 Å². The molecule has 0 spiro atoms. The van der Waals surface area contributed by atoms with Crippen LogP contribution >= 0.6 is 11.6 Å². The number of aliphatic hydroxyl groups excluding tert-OH is 1. The first-order chi connectivity index (χ1) is 7.65. The summed E-state index contributed by atoms with van der Waals surface area (Å²) in [4.78, 5) is 0. The average molecular weight is 268 g/mol. The van der Waals surface area contributed by atoms with Crippen LogP contribution in [-0.4, -0.2) is 17.3 Å². The van der Waals surface area contributed by atoms with Gasteiger partial charge in [0, 0.05) is 0 Å². The van der Waals surface area contributed by atoms with Crippen LogP contribution in [-0.2, 0) is 6.18 Å². The van der Waals surface area contributed by atoms with Gasteiger partial charge in [0.2, 0.25) is 0 Å². The molecule has 0 radical (unpaired) electrons. The van der Waals surface area contributed by atoms with Crippen molar-refractivity contribution in [3.05, 3.63) is 28.8 Å². The second-order valence-corrected chi connectivity index (χ2v) is 4.77. The third kappa shape index (κ3) is 3.78. The van der Waals surface area contributed by atoms with Crippen LogP contribution in [0.5, 0.6) is 0 Å². The Labute approximate surface area is 102 Å². The minimum atomic E-state index is -4.41. The molecule has 0 bridgehead atoms. The van der Waals surface area contributed by atoms with E-state index in [0.717, 1.165) is 12.1 Å². The van der Waals surface area contributed by atoms with Crippen LogP contribution < -0.4 is 5.32 Å². The van der Waals surface area contributed by atoms with Crippen molar-refractivity contribution in [2.24, 2.45) is 0 Å². The van der Waals surface area contributed by atoms with Crippen LogP contribution in [0.25, 0.3) is 0 Å². The summed E-state index contributed by atoms with van der Waals surface area (Å²) in [6.07, 6.45) is -4.41. The normalized spacial score (nSPS) is 12.6. The van der Waals surface area contributed by atoms with Gasteiger partial charge in [-0.25, -0.2) is 0 Å². The molecule has 2 nitrogen and oxygen atoms in total. The summed E-state index contributed by atoms with van der Waals surface area (Å²) in [6, 6.07) is 3.03. The number of aliphatic hydroxyl groups is 1. The number of alkyl halides is 3. The minimum Gasteiger partial charge on any atom is -0.394 e. The van der Waals surface area contributed by atoms with Gasteiger partial charge < -0.3 is 10.4 Å². The summed E-state index contributed by atoms with van der Waals surface area (Å²) in [5, 5.41) is 12.0. The van der Waals surface area contributed by atoms with Gasteiger partial charge in [-0.2, -0.15) is 13.2 Å². The van der Waals surface area contributed by atoms with Crippen LogP contribution in [0.2, 0.25) is 5.02 Å². The van der Waals surface area contributed by atoms with Crippen LogP contribution in [0.1, 0.15) is 19.4 Å². The SMILES string of the molecule is CC(C)(CO)Nc1cc(C(F)(F)F)ccc1Cl. The lowest BCUT2D eigenvalue weighted by Gasteiger charge is -2.26. The topological polar surface area (TPSA) is 32.3 Å². The molecular weight excluding hydrogens is 255 g/mol. The number of rotatable bonds is 3. The molecule has 0 aliphatic heterocycles. The fourth-order valence-electron chi connectivity index (χ4n) is 1.20. The van der Waals surface area contributed by atoms with E-state index < -0.39 is 17.3 Å². The van der Waals surface area contributed by atoms with Gasteiger partial charge >= 0.3 is 6.18 Å². The molecule has 0 unspecified atom stereocenters. The molecule has 0 atom stereocenters. The highest BCUT2D eigenvalue weighted by molar-refractivity contribution is 6.33. The fraction of sp³-hybridized carbons (Fsp3) is 0.455. The molecule has 1 aromatic carbocycles. The van der Waals surface area contributed by atoms with E-state index in [2.05, 4.69) is 5.32 Å². The van der Waals surface area contributed by atoms with Gasteiger partial charge in [0.15, 0.2) is 0 Å². The van der Waals surface area contributed by atoms with Crippen molar-refractivity contribution >= 4 is 17.3 Å². The van der Waals surface area contributed by atoms with Gasteiger partial charge in [-0.15, -0.1) is 0 Å². The molecule has 1 rings (SSSR count). The van der Waals surface area contributed by atoms with Crippen LogP contribution in [0, 0.1) is 0 Å². The molecule has 2 N–H and O–H groups in total. The van der Waals surface area contributed by atoms with Crippen LogP contribution in [0.15, 0.2) is 18.2 Å². The number of nitrogens with one attached hydrogen (secondary N) is 1. The molecule has 96 valence electrons. The first-order valence-corrected chi connectivity index (χ1v) is 5.29. The predicted octanol–water partition coefficient (Wildman–Crippen LogP) is 3.54. The third-order valence-electron chi connectivity index (χ3n) is 2.16. The predicted molar refractivity (Wildman–Crippen MR) is 61.2 cm³/mol. The monoisotopic (exact) mass is 267 g/mol. The van der Waals surface area contributed by atoms with Gasteiger partial charge in [0.1, 0.15) is 0 Å². The maximum absolute atomic E-state index is 12.5. The van der Waals surface area contributed by atoms with Crippen molar-refractivity contribution in [2.75, 3.05) is 11.9 Å². The summed E-state index contributed by atoms with van der Waals surface area (Å²) in [5.41, 5.74) is -1.37. The zero-order chi connectivity index (χ0) is 13.3. The Morgan fingerprint density at radius 1 is 1.29 bits per heavy atom. The van der Waals surface area contributed by atoms with Gasteiger partial charge in [-0.05, 0) is 32.0 Å². The number of benzene rings is 1. The average Bonchev–Trinajstić information content (AvgIpc) is 2.19. The fourth-order valence-corrected chi connectivity index (χ4v) is 1.37. The largest absolute Gasteiger partial charge is 0.416 e. The zero-order valence-electron chi connectivity index (χ0n) is 9.40. The maximum atomic E-state index is 12.5. The van der Waals surface area contributed by atoms with Crippen molar-refractivity contribution in [3.63, 3.8) is 0 Å². The second-order valence-electron chi connectivity index (χ2n) is 4.36. The first-order valence-electron chi connectivity index (χ1n) is 4.91. The molecule has 0 saturated heterocycles. The number of hydrogen-bond acceptors (Lipinski definition) is 2. The Kier molecular flexibility index (Phi) is 3.94. The van der Waals surface area contributed by atoms with Gasteiger partial charge in [-0.1, -0.05) is 11.6 Å². The van der Waals surface area contributed by atoms with E-state index in [1.54, 1.807) is 13.8 Å². The van der Waals surface area contributed by atoms with E-state index in [-0.39, 0.29) is 17.3 Å². The van der Waals surface area contributed by atoms with Crippen molar-refractivity contribution < 1.29 is 18.3 Å². The van der Waals surface area contributed by atoms with Crippen molar-refractivity contribution in [3.8, 4) is 0 Å². The standard InChI is InChI=1S/C11H13ClF3NO/c1-10(2,6-17)16-9-5-7(11(13,14)15)3-4-8(9)12/h3-5,16-17H,6H2,1-2H3. The molecule has 0 heterocycles. The van der Waals surface area contributed by atoms with E-state index in [9.17, 15) is 13.2 Å². The molecule has 0 saturated carbocycles. The van der Waals surface area contributed by atoms with E-state index in [1.807, 2.05) is 0 Å². The second kappa shape index (κ2) is 4.74. The minimum absolute atomic E-state index is 0.153. The smallest absolute Gasteiger partial charge is 0.394 e. The molecule has 6 heteroatoms. The number of anilines is 1. The van der Waals surface area contributed by atoms with E-state index in [1.165, 1.54) is 6.07 Å². The molecule has 0 aliphatic rings. The first kappa shape index (κ1) is 14.1. The lowest BCUT2D eigenvalue weighted by atomic mass is 10.1. The van der Waals surface area contributed by atoms with Gasteiger partial charge in [0.25, 0.3) is 0 Å². The lowest BCUT2D eigenvalue weighted by molar-refractivity contribution is -0.137. The maximum Gasteiger partial charge on any atom is 0.416 e. The highest BCUT2D eigenvalue weighted by Crippen LogP contribution is 2.34. The zero-order valence-corrected chi connectivity index (χ0v) is 10.2. The lowest BCUT2D eigenvalue weighted by Crippen LogP contribution is -2.35. The summed E-state index contributed by atoms with van der Waals surface area (Å²) in [7, 11) is 0. The molecule has 17 heavy (non-hydrogen) atoms. The van der Waals surface area contributed by atoms with E-state index in [0.29, 0.717) is 0 Å². The Balaban J connectivity index is 3.08. The van der Waals surface area contributed by atoms with Crippen molar-refractivity contribution in [1.82, 2.24) is 0 Å². The summed E-state index contributed by atoms with van der Waals surface area (Å²) in [5.74, 6) is 0. The highest BCUT2D eigenvalue weighted by Gasteiger charge is 2.31. The van der Waals surface area contributed by atoms with Crippen molar-refractivity contribution in [1.29, 1.82) is 0 Å². The summed E-state index contributed by atoms with van der Waals surface area (Å²) >= 11 is 5.80. The summed E-state index contributed by atoms with van der Waals surface area (Å²) in [6.45, 7) is 3.09. The third-order valence-corrected chi connectivity index (χ3v) is 2.49. The molecule has 0 aromatic heterocycles. The van der Waals surface area contributed by atoms with Crippen LogP contribution in [0.3, 0.4) is 0 Å².